The molecule has 0 fully saturated rings. The van der Waals surface area contributed by atoms with Gasteiger partial charge in [-0.25, -0.2) is 0 Å². The maximum absolute atomic E-state index is 5.61. The first kappa shape index (κ1) is 12.2. The quantitative estimate of drug-likeness (QED) is 0.551. The van der Waals surface area contributed by atoms with Crippen LogP contribution in [0.2, 0.25) is 0 Å². The van der Waals surface area contributed by atoms with Crippen LogP contribution in [-0.2, 0) is 0 Å². The van der Waals surface area contributed by atoms with Gasteiger partial charge in [-0.3, -0.25) is 0 Å². The molecule has 0 amide bonds. The summed E-state index contributed by atoms with van der Waals surface area (Å²) in [5, 5.41) is 0. The van der Waals surface area contributed by atoms with E-state index in [0.29, 0.717) is 6.61 Å². The Labute approximate surface area is 108 Å². The van der Waals surface area contributed by atoms with Gasteiger partial charge in [-0.15, -0.1) is 0 Å². The third kappa shape index (κ3) is 3.36. The molecule has 0 aliphatic carbocycles. The van der Waals surface area contributed by atoms with Gasteiger partial charge in [-0.05, 0) is 11.6 Å². The second-order valence-electron chi connectivity index (χ2n) is 3.88. The van der Waals surface area contributed by atoms with E-state index in [2.05, 4.69) is 30.9 Å². The number of rotatable bonds is 5. The van der Waals surface area contributed by atoms with Gasteiger partial charge in [0.1, 0.15) is 12.4 Å². The van der Waals surface area contributed by atoms with E-state index in [1.54, 1.807) is 6.08 Å². The van der Waals surface area contributed by atoms with E-state index in [-0.39, 0.29) is 0 Å². The van der Waals surface area contributed by atoms with Crippen LogP contribution in [0.3, 0.4) is 0 Å². The zero-order valence-electron chi connectivity index (χ0n) is 10.3. The van der Waals surface area contributed by atoms with Crippen molar-refractivity contribution in [2.24, 2.45) is 0 Å². The van der Waals surface area contributed by atoms with E-state index in [4.69, 9.17) is 4.74 Å². The summed E-state index contributed by atoms with van der Waals surface area (Å²) >= 11 is 0. The van der Waals surface area contributed by atoms with Crippen LogP contribution >= 0.6 is 0 Å². The highest BCUT2D eigenvalue weighted by Gasteiger charge is 1.97. The first-order valence-corrected chi connectivity index (χ1v) is 5.96. The fourth-order valence-corrected chi connectivity index (χ4v) is 1.65. The average Bonchev–Trinajstić information content (AvgIpc) is 2.45. The molecule has 0 N–H and O–H groups in total. The Bertz CT molecular complexity index is 526. The first-order chi connectivity index (χ1) is 8.90. The van der Waals surface area contributed by atoms with Gasteiger partial charge in [0.15, 0.2) is 0 Å². The monoisotopic (exact) mass is 236 g/mol. The number of para-hydroxylation sites is 1. The van der Waals surface area contributed by atoms with E-state index < -0.39 is 0 Å². The molecule has 0 heterocycles. The van der Waals surface area contributed by atoms with E-state index in [0.717, 1.165) is 11.3 Å². The fraction of sp³-hybridized carbons (Fsp3) is 0.0588. The summed E-state index contributed by atoms with van der Waals surface area (Å²) in [6, 6.07) is 18.2. The summed E-state index contributed by atoms with van der Waals surface area (Å²) in [5.41, 5.74) is 2.25. The lowest BCUT2D eigenvalue weighted by molar-refractivity contribution is 0.362. The van der Waals surface area contributed by atoms with Gasteiger partial charge >= 0.3 is 0 Å². The molecule has 0 aromatic heterocycles. The van der Waals surface area contributed by atoms with Crippen molar-refractivity contribution in [2.75, 3.05) is 6.61 Å². The van der Waals surface area contributed by atoms with Crippen molar-refractivity contribution in [1.29, 1.82) is 0 Å². The molecule has 0 aliphatic rings. The van der Waals surface area contributed by atoms with Crippen molar-refractivity contribution in [1.82, 2.24) is 0 Å². The van der Waals surface area contributed by atoms with E-state index in [1.807, 2.05) is 42.5 Å². The molecule has 0 radical (unpaired) electrons. The zero-order valence-corrected chi connectivity index (χ0v) is 10.3. The van der Waals surface area contributed by atoms with Gasteiger partial charge in [-0.1, -0.05) is 73.3 Å². The largest absolute Gasteiger partial charge is 0.489 e. The van der Waals surface area contributed by atoms with Crippen molar-refractivity contribution < 1.29 is 4.74 Å². The third-order valence-corrected chi connectivity index (χ3v) is 2.53. The highest BCUT2D eigenvalue weighted by molar-refractivity contribution is 5.72. The van der Waals surface area contributed by atoms with Gasteiger partial charge in [0.25, 0.3) is 0 Å². The zero-order chi connectivity index (χ0) is 12.6. The minimum absolute atomic E-state index is 0.524. The lowest BCUT2D eigenvalue weighted by Gasteiger charge is -2.06. The Morgan fingerprint density at radius 3 is 2.39 bits per heavy atom. The van der Waals surface area contributed by atoms with Crippen LogP contribution in [0.25, 0.3) is 12.2 Å². The maximum atomic E-state index is 5.61. The number of ether oxygens (including phenoxy) is 1. The Hall–Kier alpha value is -2.28. The molecule has 18 heavy (non-hydrogen) atoms. The predicted molar refractivity (Wildman–Crippen MR) is 77.5 cm³/mol. The summed E-state index contributed by atoms with van der Waals surface area (Å²) in [6.07, 6.45) is 5.89. The summed E-state index contributed by atoms with van der Waals surface area (Å²) in [4.78, 5) is 0. The molecule has 0 unspecified atom stereocenters. The smallest absolute Gasteiger partial charge is 0.126 e. The number of hydrogen-bond acceptors (Lipinski definition) is 1. The van der Waals surface area contributed by atoms with Crippen LogP contribution < -0.4 is 4.74 Å². The van der Waals surface area contributed by atoms with Gasteiger partial charge < -0.3 is 4.74 Å². The molecule has 0 atom stereocenters. The molecule has 90 valence electrons. The van der Waals surface area contributed by atoms with Gasteiger partial charge in [0, 0.05) is 5.56 Å². The molecule has 0 aliphatic heterocycles. The standard InChI is InChI=1S/C17H16O/c1-2-14-18-17-11-7-6-10-16(17)13-12-15-8-4-3-5-9-15/h2-13H,1,14H2/b13-12+. The molecule has 2 rings (SSSR count). The number of benzene rings is 2. The van der Waals surface area contributed by atoms with E-state index in [1.165, 1.54) is 5.56 Å². The summed E-state index contributed by atoms with van der Waals surface area (Å²) in [6.45, 7) is 4.18. The summed E-state index contributed by atoms with van der Waals surface area (Å²) in [5.74, 6) is 0.879. The minimum Gasteiger partial charge on any atom is -0.489 e. The molecule has 1 nitrogen and oxygen atoms in total. The first-order valence-electron chi connectivity index (χ1n) is 5.96. The molecule has 0 bridgehead atoms. The van der Waals surface area contributed by atoms with Crippen LogP contribution in [0, 0.1) is 0 Å². The predicted octanol–water partition coefficient (Wildman–Crippen LogP) is 4.42. The molecule has 2 aromatic carbocycles. The van der Waals surface area contributed by atoms with Crippen LogP contribution in [-0.4, -0.2) is 6.61 Å². The van der Waals surface area contributed by atoms with Crippen molar-refractivity contribution >= 4 is 12.2 Å². The normalized spacial score (nSPS) is 10.4. The SMILES string of the molecule is C=CCOc1ccccc1/C=C/c1ccccc1. The van der Waals surface area contributed by atoms with Crippen LogP contribution in [0.4, 0.5) is 0 Å². The fourth-order valence-electron chi connectivity index (χ4n) is 1.65. The minimum atomic E-state index is 0.524. The molecule has 2 aromatic rings. The number of hydrogen-bond donors (Lipinski definition) is 0. The van der Waals surface area contributed by atoms with E-state index >= 15 is 0 Å². The van der Waals surface area contributed by atoms with Crippen molar-refractivity contribution in [3.63, 3.8) is 0 Å². The molecular formula is C17H16O. The van der Waals surface area contributed by atoms with Crippen LogP contribution in [0.15, 0.2) is 67.3 Å². The van der Waals surface area contributed by atoms with Crippen LogP contribution in [0.1, 0.15) is 11.1 Å². The topological polar surface area (TPSA) is 9.23 Å². The Morgan fingerprint density at radius 2 is 1.61 bits per heavy atom. The molecule has 1 heteroatoms. The van der Waals surface area contributed by atoms with E-state index in [9.17, 15) is 0 Å². The molecular weight excluding hydrogens is 220 g/mol. The third-order valence-electron chi connectivity index (χ3n) is 2.53. The average molecular weight is 236 g/mol. The van der Waals surface area contributed by atoms with Crippen molar-refractivity contribution in [3.8, 4) is 5.75 Å². The van der Waals surface area contributed by atoms with Crippen LogP contribution in [0.5, 0.6) is 5.75 Å². The second-order valence-corrected chi connectivity index (χ2v) is 3.88. The van der Waals surface area contributed by atoms with Crippen molar-refractivity contribution in [2.45, 2.75) is 0 Å². The molecule has 0 spiro atoms. The Balaban J connectivity index is 2.18. The molecule has 0 saturated carbocycles. The summed E-state index contributed by atoms with van der Waals surface area (Å²) < 4.78 is 5.61. The maximum Gasteiger partial charge on any atom is 0.126 e. The Morgan fingerprint density at radius 1 is 0.889 bits per heavy atom. The van der Waals surface area contributed by atoms with Crippen molar-refractivity contribution in [3.05, 3.63) is 78.4 Å². The van der Waals surface area contributed by atoms with Gasteiger partial charge in [0.2, 0.25) is 0 Å². The molecule has 0 saturated heterocycles. The highest BCUT2D eigenvalue weighted by Crippen LogP contribution is 2.20. The highest BCUT2D eigenvalue weighted by atomic mass is 16.5. The van der Waals surface area contributed by atoms with Gasteiger partial charge in [0.05, 0.1) is 0 Å². The lowest BCUT2D eigenvalue weighted by Crippen LogP contribution is -1.94. The Kier molecular flexibility index (Phi) is 4.37. The lowest BCUT2D eigenvalue weighted by atomic mass is 10.1. The summed E-state index contributed by atoms with van der Waals surface area (Å²) in [7, 11) is 0. The second kappa shape index (κ2) is 6.45. The van der Waals surface area contributed by atoms with Gasteiger partial charge in [-0.2, -0.15) is 0 Å².